The van der Waals surface area contributed by atoms with Gasteiger partial charge in [-0.15, -0.1) is 0 Å². The first-order chi connectivity index (χ1) is 7.84. The Labute approximate surface area is 92.1 Å². The topological polar surface area (TPSA) is 55.2 Å². The summed E-state index contributed by atoms with van der Waals surface area (Å²) >= 11 is 0. The van der Waals surface area contributed by atoms with Crippen molar-refractivity contribution < 1.29 is 4.79 Å². The van der Waals surface area contributed by atoms with Gasteiger partial charge < -0.3 is 0 Å². The van der Waals surface area contributed by atoms with Crippen molar-refractivity contribution in [2.24, 2.45) is 4.99 Å². The van der Waals surface area contributed by atoms with E-state index in [-0.39, 0.29) is 0 Å². The molecule has 0 unspecified atom stereocenters. The molecule has 0 aliphatic heterocycles. The second kappa shape index (κ2) is 3.22. The summed E-state index contributed by atoms with van der Waals surface area (Å²) in [6.45, 7) is 0. The van der Waals surface area contributed by atoms with Crippen molar-refractivity contribution in [3.8, 4) is 0 Å². The van der Waals surface area contributed by atoms with E-state index >= 15 is 0 Å². The smallest absolute Gasteiger partial charge is 0.235 e. The first-order valence-corrected chi connectivity index (χ1v) is 5.15. The van der Waals surface area contributed by atoms with E-state index < -0.39 is 5.54 Å². The Balaban J connectivity index is 2.15. The molecule has 0 atom stereocenters. The van der Waals surface area contributed by atoms with E-state index in [2.05, 4.69) is 15.0 Å². The summed E-state index contributed by atoms with van der Waals surface area (Å²) in [6, 6.07) is 7.66. The summed E-state index contributed by atoms with van der Waals surface area (Å²) in [4.78, 5) is 23.0. The Bertz CT molecular complexity index is 598. The first-order valence-electron chi connectivity index (χ1n) is 5.15. The zero-order valence-electron chi connectivity index (χ0n) is 8.55. The Hall–Kier alpha value is -2.06. The fourth-order valence-electron chi connectivity index (χ4n) is 1.81. The molecule has 1 aromatic heterocycles. The summed E-state index contributed by atoms with van der Waals surface area (Å²) < 4.78 is 0. The Morgan fingerprint density at radius 1 is 1.25 bits per heavy atom. The van der Waals surface area contributed by atoms with Crippen molar-refractivity contribution >= 4 is 17.1 Å². The lowest BCUT2D eigenvalue weighted by atomic mass is 10.2. The summed E-state index contributed by atoms with van der Waals surface area (Å²) in [7, 11) is 0. The molecule has 1 aliphatic rings. The zero-order chi connectivity index (χ0) is 11.0. The molecule has 0 bridgehead atoms. The van der Waals surface area contributed by atoms with E-state index in [1.54, 1.807) is 12.3 Å². The molecule has 4 nitrogen and oxygen atoms in total. The molecule has 16 heavy (non-hydrogen) atoms. The predicted molar refractivity (Wildman–Crippen MR) is 58.6 cm³/mol. The van der Waals surface area contributed by atoms with Gasteiger partial charge in [0.1, 0.15) is 5.54 Å². The maximum atomic E-state index is 10.4. The van der Waals surface area contributed by atoms with Crippen molar-refractivity contribution in [1.29, 1.82) is 0 Å². The number of hydrogen-bond donors (Lipinski definition) is 0. The number of carbonyl (C=O) groups excluding carboxylic acids is 1. The van der Waals surface area contributed by atoms with Crippen LogP contribution in [0.1, 0.15) is 18.5 Å². The molecule has 1 heterocycles. The molecule has 0 radical (unpaired) electrons. The van der Waals surface area contributed by atoms with E-state index in [1.165, 1.54) is 0 Å². The number of aliphatic imine (C=N–C) groups is 1. The molecule has 1 aromatic carbocycles. The van der Waals surface area contributed by atoms with Crippen molar-refractivity contribution in [2.45, 2.75) is 18.4 Å². The van der Waals surface area contributed by atoms with Gasteiger partial charge in [-0.2, -0.15) is 4.99 Å². The molecule has 0 N–H and O–H groups in total. The van der Waals surface area contributed by atoms with Crippen molar-refractivity contribution in [2.75, 3.05) is 0 Å². The molecule has 0 saturated heterocycles. The highest BCUT2D eigenvalue weighted by molar-refractivity contribution is 5.73. The molecule has 0 amide bonds. The third kappa shape index (κ3) is 1.32. The van der Waals surface area contributed by atoms with Crippen LogP contribution in [0.25, 0.3) is 11.0 Å². The first kappa shape index (κ1) is 9.19. The molecular formula is C12H9N3O. The standard InChI is InChI=1S/C12H9N3O/c16-8-14-12(5-6-12)11-7-13-9-3-1-2-4-10(9)15-11/h1-4,7H,5-6H2. The molecule has 2 aromatic rings. The number of nitrogens with zero attached hydrogens (tertiary/aromatic N) is 3. The van der Waals surface area contributed by atoms with Gasteiger partial charge in [0, 0.05) is 0 Å². The van der Waals surface area contributed by atoms with Gasteiger partial charge in [-0.05, 0) is 25.0 Å². The second-order valence-corrected chi connectivity index (χ2v) is 3.98. The highest BCUT2D eigenvalue weighted by Crippen LogP contribution is 2.48. The molecule has 4 heteroatoms. The van der Waals surface area contributed by atoms with Gasteiger partial charge in [-0.1, -0.05) is 12.1 Å². The van der Waals surface area contributed by atoms with E-state index in [0.29, 0.717) is 0 Å². The number of hydrogen-bond acceptors (Lipinski definition) is 4. The van der Waals surface area contributed by atoms with Gasteiger partial charge in [-0.25, -0.2) is 9.78 Å². The summed E-state index contributed by atoms with van der Waals surface area (Å²) in [6.07, 6.45) is 5.04. The second-order valence-electron chi connectivity index (χ2n) is 3.98. The number of para-hydroxylation sites is 2. The largest absolute Gasteiger partial charge is 0.253 e. The van der Waals surface area contributed by atoms with E-state index in [4.69, 9.17) is 0 Å². The number of isocyanates is 1. The van der Waals surface area contributed by atoms with Gasteiger partial charge >= 0.3 is 0 Å². The SMILES string of the molecule is O=C=NC1(c2cnc3ccccc3n2)CC1. The normalized spacial score (nSPS) is 16.8. The maximum absolute atomic E-state index is 10.4. The van der Waals surface area contributed by atoms with Gasteiger partial charge in [0.2, 0.25) is 6.08 Å². The van der Waals surface area contributed by atoms with Crippen LogP contribution in [-0.2, 0) is 10.3 Å². The quantitative estimate of drug-likeness (QED) is 0.563. The molecule has 1 fully saturated rings. The van der Waals surface area contributed by atoms with Crippen LogP contribution in [0, 0.1) is 0 Å². The average Bonchev–Trinajstić information content (AvgIpc) is 3.10. The Morgan fingerprint density at radius 2 is 2.00 bits per heavy atom. The van der Waals surface area contributed by atoms with Gasteiger partial charge in [-0.3, -0.25) is 4.98 Å². The lowest BCUT2D eigenvalue weighted by molar-refractivity contribution is 0.555. The number of benzene rings is 1. The molecule has 1 aliphatic carbocycles. The number of fused-ring (bicyclic) bond motifs is 1. The summed E-state index contributed by atoms with van der Waals surface area (Å²) in [5.41, 5.74) is 2.04. The third-order valence-electron chi connectivity index (χ3n) is 2.91. The minimum Gasteiger partial charge on any atom is -0.253 e. The fourth-order valence-corrected chi connectivity index (χ4v) is 1.81. The fraction of sp³-hybridized carbons (Fsp3) is 0.250. The van der Waals surface area contributed by atoms with Crippen LogP contribution in [-0.4, -0.2) is 16.0 Å². The van der Waals surface area contributed by atoms with Crippen LogP contribution >= 0.6 is 0 Å². The highest BCUT2D eigenvalue weighted by Gasteiger charge is 2.46. The van der Waals surface area contributed by atoms with Crippen LogP contribution < -0.4 is 0 Å². The van der Waals surface area contributed by atoms with E-state index in [0.717, 1.165) is 29.6 Å². The van der Waals surface area contributed by atoms with Crippen molar-refractivity contribution in [3.05, 3.63) is 36.2 Å². The van der Waals surface area contributed by atoms with E-state index in [9.17, 15) is 4.79 Å². The van der Waals surface area contributed by atoms with Crippen molar-refractivity contribution in [1.82, 2.24) is 9.97 Å². The van der Waals surface area contributed by atoms with Crippen molar-refractivity contribution in [3.63, 3.8) is 0 Å². The van der Waals surface area contributed by atoms with Crippen LogP contribution in [0.3, 0.4) is 0 Å². The number of rotatable bonds is 2. The van der Waals surface area contributed by atoms with Gasteiger partial charge in [0.15, 0.2) is 0 Å². The van der Waals surface area contributed by atoms with Crippen LogP contribution in [0.5, 0.6) is 0 Å². The van der Waals surface area contributed by atoms with Crippen LogP contribution in [0.2, 0.25) is 0 Å². The third-order valence-corrected chi connectivity index (χ3v) is 2.91. The van der Waals surface area contributed by atoms with Gasteiger partial charge in [0.25, 0.3) is 0 Å². The highest BCUT2D eigenvalue weighted by atomic mass is 16.1. The minimum atomic E-state index is -0.432. The van der Waals surface area contributed by atoms with Gasteiger partial charge in [0.05, 0.1) is 22.9 Å². The van der Waals surface area contributed by atoms with E-state index in [1.807, 2.05) is 24.3 Å². The maximum Gasteiger partial charge on any atom is 0.235 e. The molecular weight excluding hydrogens is 202 g/mol. The molecule has 0 spiro atoms. The zero-order valence-corrected chi connectivity index (χ0v) is 8.55. The average molecular weight is 211 g/mol. The predicted octanol–water partition coefficient (Wildman–Crippen LogP) is 1.95. The lowest BCUT2D eigenvalue weighted by Gasteiger charge is -2.06. The monoisotopic (exact) mass is 211 g/mol. The molecule has 3 rings (SSSR count). The number of aromatic nitrogens is 2. The van der Waals surface area contributed by atoms with Crippen LogP contribution in [0.15, 0.2) is 35.5 Å². The van der Waals surface area contributed by atoms with Crippen LogP contribution in [0.4, 0.5) is 0 Å². The lowest BCUT2D eigenvalue weighted by Crippen LogP contribution is -2.06. The molecule has 78 valence electrons. The Morgan fingerprint density at radius 3 is 2.69 bits per heavy atom. The Kier molecular flexibility index (Phi) is 1.85. The minimum absolute atomic E-state index is 0.432. The summed E-state index contributed by atoms with van der Waals surface area (Å²) in [5.74, 6) is 0. The molecule has 1 saturated carbocycles. The summed E-state index contributed by atoms with van der Waals surface area (Å²) in [5, 5.41) is 0.